The molecule has 0 aliphatic heterocycles. The molecule has 0 saturated heterocycles. The van der Waals surface area contributed by atoms with Crippen LogP contribution >= 0.6 is 22.9 Å². The molecule has 0 atom stereocenters. The minimum Gasteiger partial charge on any atom is -0.478 e. The number of nitrogens with one attached hydrogen (secondary N) is 1. The molecular weight excluding hydrogens is 414 g/mol. The fourth-order valence-electron chi connectivity index (χ4n) is 2.59. The lowest BCUT2D eigenvalue weighted by molar-refractivity contribution is -0.120. The van der Waals surface area contributed by atoms with Crippen LogP contribution in [0, 0.1) is 0 Å². The van der Waals surface area contributed by atoms with Gasteiger partial charge in [0.05, 0.1) is 29.6 Å². The van der Waals surface area contributed by atoms with Crippen molar-refractivity contribution in [2.24, 2.45) is 5.10 Å². The number of rotatable bonds is 7. The van der Waals surface area contributed by atoms with E-state index < -0.39 is 5.97 Å². The van der Waals surface area contributed by atoms with Crippen molar-refractivity contribution >= 4 is 41.0 Å². The van der Waals surface area contributed by atoms with Gasteiger partial charge >= 0.3 is 10.8 Å². The van der Waals surface area contributed by atoms with E-state index in [1.165, 1.54) is 22.9 Å². The van der Waals surface area contributed by atoms with Gasteiger partial charge in [-0.2, -0.15) is 5.10 Å². The van der Waals surface area contributed by atoms with Crippen LogP contribution in [0.25, 0.3) is 0 Å². The Morgan fingerprint density at radius 2 is 1.86 bits per heavy atom. The predicted octanol–water partition coefficient (Wildman–Crippen LogP) is 3.00. The topological polar surface area (TPSA) is 101 Å². The van der Waals surface area contributed by atoms with E-state index in [0.717, 1.165) is 16.9 Å². The lowest BCUT2D eigenvalue weighted by atomic mass is 10.1. The third-order valence-electron chi connectivity index (χ3n) is 3.95. The Hall–Kier alpha value is -3.23. The third kappa shape index (κ3) is 5.40. The predicted molar refractivity (Wildman–Crippen MR) is 112 cm³/mol. The second kappa shape index (κ2) is 9.31. The molecule has 0 aliphatic carbocycles. The van der Waals surface area contributed by atoms with Crippen LogP contribution in [-0.2, 0) is 17.8 Å². The lowest BCUT2D eigenvalue weighted by Crippen LogP contribution is -2.19. The molecule has 3 rings (SSSR count). The second-order valence-electron chi connectivity index (χ2n) is 6.07. The molecular formula is C20H16ClN3O4S. The van der Waals surface area contributed by atoms with Gasteiger partial charge in [-0.3, -0.25) is 14.2 Å². The summed E-state index contributed by atoms with van der Waals surface area (Å²) in [4.78, 5) is 35.3. The lowest BCUT2D eigenvalue weighted by Gasteiger charge is -2.05. The van der Waals surface area contributed by atoms with Crippen molar-refractivity contribution in [3.8, 4) is 0 Å². The summed E-state index contributed by atoms with van der Waals surface area (Å²) in [6.07, 6.45) is 1.50. The highest BCUT2D eigenvalue weighted by molar-refractivity contribution is 7.11. The van der Waals surface area contributed by atoms with E-state index in [4.69, 9.17) is 16.7 Å². The molecule has 9 heteroatoms. The number of hydrogen-bond donors (Lipinski definition) is 2. The zero-order valence-electron chi connectivity index (χ0n) is 15.0. The number of carbonyl (C=O) groups is 2. The van der Waals surface area contributed by atoms with Crippen molar-refractivity contribution in [1.29, 1.82) is 0 Å². The summed E-state index contributed by atoms with van der Waals surface area (Å²) in [6.45, 7) is 0.128. The fourth-order valence-corrected chi connectivity index (χ4v) is 3.69. The SMILES string of the molecule is O=C(Cc1ccccc1)N/N=C/c1sc(=O)n(Cc2cccc(C(=O)O)c2)c1Cl. The van der Waals surface area contributed by atoms with E-state index in [0.29, 0.717) is 10.4 Å². The molecule has 1 amide bonds. The molecule has 0 fully saturated rings. The number of nitrogens with zero attached hydrogens (tertiary/aromatic N) is 2. The molecule has 3 aromatic rings. The highest BCUT2D eigenvalue weighted by Gasteiger charge is 2.13. The summed E-state index contributed by atoms with van der Waals surface area (Å²) in [5.41, 5.74) is 4.03. The molecule has 0 unspecified atom stereocenters. The van der Waals surface area contributed by atoms with Gasteiger partial charge in [-0.25, -0.2) is 10.2 Å². The maximum atomic E-state index is 12.3. The minimum absolute atomic E-state index is 0.128. The summed E-state index contributed by atoms with van der Waals surface area (Å²) >= 11 is 7.16. The van der Waals surface area contributed by atoms with Crippen LogP contribution < -0.4 is 10.3 Å². The molecule has 1 aromatic heterocycles. The van der Waals surface area contributed by atoms with Crippen LogP contribution in [0.4, 0.5) is 0 Å². The van der Waals surface area contributed by atoms with E-state index in [9.17, 15) is 14.4 Å². The number of thiazole rings is 1. The van der Waals surface area contributed by atoms with Gasteiger partial charge in [0.2, 0.25) is 5.91 Å². The molecule has 2 aromatic carbocycles. The Labute approximate surface area is 174 Å². The molecule has 148 valence electrons. The van der Waals surface area contributed by atoms with Gasteiger partial charge in [-0.15, -0.1) is 0 Å². The summed E-state index contributed by atoms with van der Waals surface area (Å²) in [5, 5.41) is 13.1. The molecule has 1 heterocycles. The number of aromatic carboxylic acids is 1. The van der Waals surface area contributed by atoms with Crippen molar-refractivity contribution in [1.82, 2.24) is 9.99 Å². The number of amides is 1. The average molecular weight is 430 g/mol. The Bertz CT molecular complexity index is 1120. The number of aromatic nitrogens is 1. The number of hydrazone groups is 1. The fraction of sp³-hybridized carbons (Fsp3) is 0.100. The first-order valence-corrected chi connectivity index (χ1v) is 9.70. The first kappa shape index (κ1) is 20.5. The standard InChI is InChI=1S/C20H16ClN3O4S/c21-18-16(11-22-23-17(25)10-13-5-2-1-3-6-13)29-20(28)24(18)12-14-7-4-8-15(9-14)19(26)27/h1-9,11H,10,12H2,(H,23,25)(H,26,27)/b22-11+. The van der Waals surface area contributed by atoms with Crippen molar-refractivity contribution in [2.75, 3.05) is 0 Å². The molecule has 0 saturated carbocycles. The zero-order chi connectivity index (χ0) is 20.8. The number of carboxylic acids is 1. The third-order valence-corrected chi connectivity index (χ3v) is 5.38. The Balaban J connectivity index is 1.68. The highest BCUT2D eigenvalue weighted by atomic mass is 35.5. The normalized spacial score (nSPS) is 10.9. The molecule has 0 radical (unpaired) electrons. The molecule has 7 nitrogen and oxygen atoms in total. The number of carbonyl (C=O) groups excluding carboxylic acids is 1. The summed E-state index contributed by atoms with van der Waals surface area (Å²) in [6, 6.07) is 15.5. The number of carboxylic acid groups (broad SMARTS) is 1. The van der Waals surface area contributed by atoms with E-state index in [1.807, 2.05) is 30.3 Å². The molecule has 0 aliphatic rings. The van der Waals surface area contributed by atoms with Crippen molar-refractivity contribution in [3.63, 3.8) is 0 Å². The van der Waals surface area contributed by atoms with Crippen molar-refractivity contribution < 1.29 is 14.7 Å². The Morgan fingerprint density at radius 1 is 1.14 bits per heavy atom. The Kier molecular flexibility index (Phi) is 6.58. The van der Waals surface area contributed by atoms with Crippen molar-refractivity contribution in [2.45, 2.75) is 13.0 Å². The first-order valence-electron chi connectivity index (χ1n) is 8.51. The van der Waals surface area contributed by atoms with Gasteiger partial charge in [0.25, 0.3) is 0 Å². The average Bonchev–Trinajstić information content (AvgIpc) is 2.96. The van der Waals surface area contributed by atoms with Crippen molar-refractivity contribution in [3.05, 3.63) is 91.0 Å². The van der Waals surface area contributed by atoms with Crippen LogP contribution in [0.3, 0.4) is 0 Å². The molecule has 2 N–H and O–H groups in total. The van der Waals surface area contributed by atoms with Crippen LogP contribution in [0.2, 0.25) is 5.15 Å². The maximum absolute atomic E-state index is 12.3. The largest absolute Gasteiger partial charge is 0.478 e. The quantitative estimate of drug-likeness (QED) is 0.445. The maximum Gasteiger partial charge on any atom is 0.335 e. The van der Waals surface area contributed by atoms with E-state index in [-0.39, 0.29) is 34.5 Å². The summed E-state index contributed by atoms with van der Waals surface area (Å²) in [7, 11) is 0. The van der Waals surface area contributed by atoms with Gasteiger partial charge in [0.1, 0.15) is 5.15 Å². The molecule has 29 heavy (non-hydrogen) atoms. The summed E-state index contributed by atoms with van der Waals surface area (Å²) < 4.78 is 1.32. The van der Waals surface area contributed by atoms with E-state index in [1.54, 1.807) is 12.1 Å². The van der Waals surface area contributed by atoms with Gasteiger partial charge in [0, 0.05) is 0 Å². The van der Waals surface area contributed by atoms with Gasteiger partial charge in [-0.1, -0.05) is 65.4 Å². The monoisotopic (exact) mass is 429 g/mol. The van der Waals surface area contributed by atoms with Crippen LogP contribution in [0.5, 0.6) is 0 Å². The minimum atomic E-state index is -1.05. The van der Waals surface area contributed by atoms with Crippen LogP contribution in [0.15, 0.2) is 64.5 Å². The molecule has 0 spiro atoms. The Morgan fingerprint density at radius 3 is 2.59 bits per heavy atom. The molecule has 0 bridgehead atoms. The number of halogens is 1. The highest BCUT2D eigenvalue weighted by Crippen LogP contribution is 2.18. The number of benzene rings is 2. The van der Waals surface area contributed by atoms with E-state index in [2.05, 4.69) is 10.5 Å². The second-order valence-corrected chi connectivity index (χ2v) is 7.42. The van der Waals surface area contributed by atoms with E-state index >= 15 is 0 Å². The summed E-state index contributed by atoms with van der Waals surface area (Å²) in [5.74, 6) is -1.34. The first-order chi connectivity index (χ1) is 13.9. The van der Waals surface area contributed by atoms with Gasteiger partial charge in [-0.05, 0) is 23.3 Å². The zero-order valence-corrected chi connectivity index (χ0v) is 16.6. The van der Waals surface area contributed by atoms with Crippen LogP contribution in [-0.4, -0.2) is 27.8 Å². The smallest absolute Gasteiger partial charge is 0.335 e. The van der Waals surface area contributed by atoms with Gasteiger partial charge < -0.3 is 5.11 Å². The number of hydrogen-bond acceptors (Lipinski definition) is 5. The van der Waals surface area contributed by atoms with Crippen LogP contribution in [0.1, 0.15) is 26.4 Å². The van der Waals surface area contributed by atoms with Gasteiger partial charge in [0.15, 0.2) is 0 Å².